The van der Waals surface area contributed by atoms with Crippen LogP contribution in [0.4, 0.5) is 0 Å². The Morgan fingerprint density at radius 1 is 0.800 bits per heavy atom. The number of pyridine rings is 1. The first kappa shape index (κ1) is 24.6. The molecule has 0 saturated heterocycles. The van der Waals surface area contributed by atoms with Crippen LogP contribution in [0.5, 0.6) is 0 Å². The maximum absolute atomic E-state index is 12.6. The molecule has 2 bridgehead atoms. The maximum atomic E-state index is 12.6. The lowest BCUT2D eigenvalue weighted by atomic mass is 9.90. The number of ketones is 2. The first-order valence-electron chi connectivity index (χ1n) is 11.0. The van der Waals surface area contributed by atoms with Crippen molar-refractivity contribution in [3.05, 3.63) is 29.6 Å². The number of aromatic nitrogens is 1. The number of hydrogen-bond donors (Lipinski definition) is 0. The van der Waals surface area contributed by atoms with Crippen LogP contribution in [-0.4, -0.2) is 77.6 Å². The minimum Gasteiger partial charge on any atom is -0.304 e. The van der Waals surface area contributed by atoms with E-state index in [1.54, 1.807) is 0 Å². The van der Waals surface area contributed by atoms with Gasteiger partial charge in [0, 0.05) is 50.1 Å². The zero-order valence-corrected chi connectivity index (χ0v) is 20.0. The van der Waals surface area contributed by atoms with Crippen LogP contribution in [0.25, 0.3) is 0 Å². The average molecular weight is 417 g/mol. The second kappa shape index (κ2) is 10.1. The number of likely N-dealkylation sites (N-methyl/N-ethyl adjacent to an activating group) is 1. The molecule has 0 N–H and O–H groups in total. The molecule has 6 nitrogen and oxygen atoms in total. The Hall–Kier alpha value is -1.63. The first-order valence-corrected chi connectivity index (χ1v) is 11.0. The fraction of sp³-hybridized carbons (Fsp3) is 0.708. The molecule has 30 heavy (non-hydrogen) atoms. The van der Waals surface area contributed by atoms with Crippen LogP contribution < -0.4 is 0 Å². The molecule has 1 aromatic rings. The van der Waals surface area contributed by atoms with Gasteiger partial charge in [0.2, 0.25) is 0 Å². The molecule has 0 unspecified atom stereocenters. The highest BCUT2D eigenvalue weighted by molar-refractivity contribution is 5.85. The van der Waals surface area contributed by atoms with Crippen molar-refractivity contribution in [1.29, 1.82) is 0 Å². The summed E-state index contributed by atoms with van der Waals surface area (Å²) < 4.78 is 0. The number of rotatable bonds is 4. The molecule has 0 amide bonds. The molecular weight excluding hydrogens is 376 g/mol. The van der Waals surface area contributed by atoms with Crippen molar-refractivity contribution >= 4 is 11.6 Å². The van der Waals surface area contributed by atoms with Crippen LogP contribution in [0.2, 0.25) is 0 Å². The highest BCUT2D eigenvalue weighted by atomic mass is 16.1. The molecule has 2 rings (SSSR count). The minimum absolute atomic E-state index is 0.250. The number of Topliss-reactive ketones (excluding diaryl/α,β-unsaturated/α-hetero) is 2. The molecule has 0 radical (unpaired) electrons. The van der Waals surface area contributed by atoms with Gasteiger partial charge in [0.25, 0.3) is 0 Å². The summed E-state index contributed by atoms with van der Waals surface area (Å²) in [5.41, 5.74) is 1.26. The van der Waals surface area contributed by atoms with Crippen molar-refractivity contribution < 1.29 is 9.59 Å². The third-order valence-corrected chi connectivity index (χ3v) is 5.64. The van der Waals surface area contributed by atoms with Gasteiger partial charge in [-0.2, -0.15) is 0 Å². The number of nitrogens with zero attached hydrogens (tertiary/aromatic N) is 4. The van der Waals surface area contributed by atoms with E-state index in [-0.39, 0.29) is 22.4 Å². The highest BCUT2D eigenvalue weighted by Gasteiger charge is 2.26. The standard InChI is InChI=1S/C24H40N4O2/c1-23(2,3)21(29)17-27-13-11-26(7)12-14-28(18-22(30)24(4,5)6)16-20-10-8-9-19(15-27)25-20/h8-10H,11-18H2,1-7H3. The molecule has 6 heteroatoms. The predicted molar refractivity (Wildman–Crippen MR) is 121 cm³/mol. The molecule has 2 heterocycles. The van der Waals surface area contributed by atoms with Gasteiger partial charge in [-0.05, 0) is 19.2 Å². The fourth-order valence-corrected chi connectivity index (χ4v) is 3.21. The van der Waals surface area contributed by atoms with E-state index in [0.717, 1.165) is 37.6 Å². The van der Waals surface area contributed by atoms with E-state index >= 15 is 0 Å². The summed E-state index contributed by atoms with van der Waals surface area (Å²) in [6, 6.07) is 6.08. The van der Waals surface area contributed by atoms with E-state index in [0.29, 0.717) is 26.2 Å². The van der Waals surface area contributed by atoms with Crippen LogP contribution in [-0.2, 0) is 22.7 Å². The van der Waals surface area contributed by atoms with E-state index in [1.807, 2.05) is 59.7 Å². The van der Waals surface area contributed by atoms with Gasteiger partial charge in [0.1, 0.15) is 0 Å². The van der Waals surface area contributed by atoms with Crippen molar-refractivity contribution in [1.82, 2.24) is 19.7 Å². The van der Waals surface area contributed by atoms with E-state index in [9.17, 15) is 9.59 Å². The summed E-state index contributed by atoms with van der Waals surface area (Å²) in [5.74, 6) is 0.500. The number of hydrogen-bond acceptors (Lipinski definition) is 6. The molecule has 1 aliphatic rings. The predicted octanol–water partition coefficient (Wildman–Crippen LogP) is 2.86. The van der Waals surface area contributed by atoms with Crippen molar-refractivity contribution in [2.45, 2.75) is 54.6 Å². The Morgan fingerprint density at radius 2 is 1.20 bits per heavy atom. The number of carbonyl (C=O) groups is 2. The zero-order valence-electron chi connectivity index (χ0n) is 20.0. The summed E-state index contributed by atoms with van der Waals surface area (Å²) >= 11 is 0. The van der Waals surface area contributed by atoms with E-state index in [4.69, 9.17) is 4.98 Å². The van der Waals surface area contributed by atoms with Crippen LogP contribution >= 0.6 is 0 Å². The molecule has 0 fully saturated rings. The molecule has 0 aromatic carbocycles. The Kier molecular flexibility index (Phi) is 8.31. The van der Waals surface area contributed by atoms with E-state index < -0.39 is 0 Å². The Morgan fingerprint density at radius 3 is 1.57 bits per heavy atom. The molecule has 0 saturated carbocycles. The highest BCUT2D eigenvalue weighted by Crippen LogP contribution is 2.18. The summed E-state index contributed by atoms with van der Waals surface area (Å²) in [4.78, 5) is 36.8. The van der Waals surface area contributed by atoms with Gasteiger partial charge >= 0.3 is 0 Å². The quantitative estimate of drug-likeness (QED) is 0.752. The normalized spacial score (nSPS) is 18.5. The lowest BCUT2D eigenvalue weighted by molar-refractivity contribution is -0.128. The Bertz CT molecular complexity index is 676. The van der Waals surface area contributed by atoms with Gasteiger partial charge in [-0.1, -0.05) is 47.6 Å². The second-order valence-corrected chi connectivity index (χ2v) is 10.7. The van der Waals surface area contributed by atoms with Crippen LogP contribution in [0.15, 0.2) is 18.2 Å². The van der Waals surface area contributed by atoms with Crippen molar-refractivity contribution in [3.8, 4) is 0 Å². The monoisotopic (exact) mass is 416 g/mol. The number of carbonyl (C=O) groups excluding carboxylic acids is 2. The average Bonchev–Trinajstić information content (AvgIpc) is 2.62. The summed E-state index contributed by atoms with van der Waals surface area (Å²) in [6.07, 6.45) is 0. The summed E-state index contributed by atoms with van der Waals surface area (Å²) in [7, 11) is 2.11. The molecule has 0 spiro atoms. The van der Waals surface area contributed by atoms with Gasteiger partial charge in [-0.15, -0.1) is 0 Å². The third kappa shape index (κ3) is 7.89. The molecule has 1 aliphatic heterocycles. The molecule has 0 aliphatic carbocycles. The molecular formula is C24H40N4O2. The smallest absolute Gasteiger partial charge is 0.152 e. The van der Waals surface area contributed by atoms with Gasteiger partial charge in [0.15, 0.2) is 11.6 Å². The van der Waals surface area contributed by atoms with Crippen molar-refractivity contribution in [2.24, 2.45) is 10.8 Å². The largest absolute Gasteiger partial charge is 0.304 e. The van der Waals surface area contributed by atoms with Gasteiger partial charge < -0.3 is 4.90 Å². The van der Waals surface area contributed by atoms with Gasteiger partial charge in [-0.25, -0.2) is 0 Å². The molecule has 1 aromatic heterocycles. The van der Waals surface area contributed by atoms with Gasteiger partial charge in [0.05, 0.1) is 24.5 Å². The van der Waals surface area contributed by atoms with Crippen LogP contribution in [0, 0.1) is 10.8 Å². The zero-order chi connectivity index (χ0) is 22.5. The Balaban J connectivity index is 2.20. The SMILES string of the molecule is CN1CCN(CC(=O)C(C)(C)C)Cc2cccc(n2)CN(CC(=O)C(C)(C)C)CC1. The van der Waals surface area contributed by atoms with Crippen molar-refractivity contribution in [3.63, 3.8) is 0 Å². The van der Waals surface area contributed by atoms with Gasteiger partial charge in [-0.3, -0.25) is 24.4 Å². The summed E-state index contributed by atoms with van der Waals surface area (Å²) in [6.45, 7) is 17.4. The van der Waals surface area contributed by atoms with Crippen molar-refractivity contribution in [2.75, 3.05) is 46.3 Å². The second-order valence-electron chi connectivity index (χ2n) is 10.7. The first-order chi connectivity index (χ1) is 13.8. The van der Waals surface area contributed by atoms with Crippen LogP contribution in [0.3, 0.4) is 0 Å². The molecule has 0 atom stereocenters. The minimum atomic E-state index is -0.342. The topological polar surface area (TPSA) is 56.8 Å². The van der Waals surface area contributed by atoms with E-state index in [1.165, 1.54) is 0 Å². The maximum Gasteiger partial charge on any atom is 0.152 e. The lowest BCUT2D eigenvalue weighted by Crippen LogP contribution is -2.43. The number of fused-ring (bicyclic) bond motifs is 2. The lowest BCUT2D eigenvalue weighted by Gasteiger charge is -2.31. The van der Waals surface area contributed by atoms with E-state index in [2.05, 4.69) is 21.7 Å². The third-order valence-electron chi connectivity index (χ3n) is 5.64. The molecule has 168 valence electrons. The fourth-order valence-electron chi connectivity index (χ4n) is 3.21. The van der Waals surface area contributed by atoms with Crippen LogP contribution in [0.1, 0.15) is 52.9 Å². The summed E-state index contributed by atoms with van der Waals surface area (Å²) in [5, 5.41) is 0. The Labute approximate surface area is 182 Å².